The third kappa shape index (κ3) is 3.61. The van der Waals surface area contributed by atoms with Gasteiger partial charge in [-0.3, -0.25) is 14.4 Å². The smallest absolute Gasteiger partial charge is 0.264 e. The SMILES string of the molecule is C[C@H](/C=C/CC(=O)N1CCC[C@H]1CO)[C@@]1(O)C(=O)N(C)c2ccc(N3CCCC3=O)cc21. The zero-order valence-corrected chi connectivity index (χ0v) is 18.7. The van der Waals surface area contributed by atoms with Crippen LogP contribution >= 0.6 is 0 Å². The highest BCUT2D eigenvalue weighted by Crippen LogP contribution is 2.46. The van der Waals surface area contributed by atoms with Crippen molar-refractivity contribution in [3.05, 3.63) is 35.9 Å². The van der Waals surface area contributed by atoms with Crippen molar-refractivity contribution in [1.82, 2.24) is 4.90 Å². The van der Waals surface area contributed by atoms with Crippen molar-refractivity contribution in [3.63, 3.8) is 0 Å². The van der Waals surface area contributed by atoms with Gasteiger partial charge in [0, 0.05) is 50.1 Å². The first-order chi connectivity index (χ1) is 15.3. The third-order valence-corrected chi connectivity index (χ3v) is 7.05. The highest BCUT2D eigenvalue weighted by molar-refractivity contribution is 6.07. The summed E-state index contributed by atoms with van der Waals surface area (Å²) in [4.78, 5) is 42.6. The standard InChI is InChI=1S/C24H31N3O5/c1-16(6-3-8-21(29)27-12-4-7-18(27)15-28)24(32)19-14-17(26-13-5-9-22(26)30)10-11-20(19)25(2)23(24)31/h3,6,10-11,14,16,18,28,32H,4-5,7-9,12-13,15H2,1-2H3/b6-3+/t16-,18+,24+/m1/s1. The number of rotatable bonds is 6. The van der Waals surface area contributed by atoms with Crippen molar-refractivity contribution in [3.8, 4) is 0 Å². The van der Waals surface area contributed by atoms with Gasteiger partial charge in [0.1, 0.15) is 0 Å². The molecule has 4 rings (SSSR count). The molecule has 0 bridgehead atoms. The summed E-state index contributed by atoms with van der Waals surface area (Å²) in [5.74, 6) is -1.04. The molecule has 0 unspecified atom stereocenters. The summed E-state index contributed by atoms with van der Waals surface area (Å²) in [7, 11) is 1.63. The molecule has 3 amide bonds. The molecule has 1 aromatic rings. The fourth-order valence-electron chi connectivity index (χ4n) is 5.11. The predicted octanol–water partition coefficient (Wildman–Crippen LogP) is 1.54. The summed E-state index contributed by atoms with van der Waals surface area (Å²) in [5.41, 5.74) is 0.00445. The van der Waals surface area contributed by atoms with Gasteiger partial charge in [0.05, 0.1) is 18.3 Å². The van der Waals surface area contributed by atoms with Crippen LogP contribution in [-0.4, -0.2) is 65.6 Å². The maximum atomic E-state index is 13.1. The van der Waals surface area contributed by atoms with Crippen LogP contribution in [0.15, 0.2) is 30.4 Å². The molecule has 32 heavy (non-hydrogen) atoms. The van der Waals surface area contributed by atoms with Gasteiger partial charge in [-0.15, -0.1) is 0 Å². The summed E-state index contributed by atoms with van der Waals surface area (Å²) in [6, 6.07) is 5.20. The molecule has 0 aromatic heterocycles. The molecule has 0 radical (unpaired) electrons. The lowest BCUT2D eigenvalue weighted by Gasteiger charge is -2.28. The summed E-state index contributed by atoms with van der Waals surface area (Å²) in [5, 5.41) is 21.0. The number of carbonyl (C=O) groups is 3. The van der Waals surface area contributed by atoms with Gasteiger partial charge in [-0.05, 0) is 37.5 Å². The average molecular weight is 442 g/mol. The number of hydrogen-bond donors (Lipinski definition) is 2. The lowest BCUT2D eigenvalue weighted by Crippen LogP contribution is -2.43. The zero-order chi connectivity index (χ0) is 23.0. The maximum absolute atomic E-state index is 13.1. The second-order valence-electron chi connectivity index (χ2n) is 8.97. The largest absolute Gasteiger partial charge is 0.394 e. The fourth-order valence-corrected chi connectivity index (χ4v) is 5.11. The number of fused-ring (bicyclic) bond motifs is 1. The topological polar surface area (TPSA) is 101 Å². The number of amides is 3. The monoisotopic (exact) mass is 441 g/mol. The maximum Gasteiger partial charge on any atom is 0.264 e. The van der Waals surface area contributed by atoms with Gasteiger partial charge in [-0.2, -0.15) is 0 Å². The highest BCUT2D eigenvalue weighted by atomic mass is 16.3. The van der Waals surface area contributed by atoms with Crippen LogP contribution in [0.25, 0.3) is 0 Å². The van der Waals surface area contributed by atoms with Crippen LogP contribution in [0.5, 0.6) is 0 Å². The molecule has 172 valence electrons. The van der Waals surface area contributed by atoms with Gasteiger partial charge in [-0.25, -0.2) is 0 Å². The summed E-state index contributed by atoms with van der Waals surface area (Å²) in [6.45, 7) is 2.99. The van der Waals surface area contributed by atoms with Crippen LogP contribution in [0.1, 0.15) is 44.6 Å². The summed E-state index contributed by atoms with van der Waals surface area (Å²) in [6.07, 6.45) is 6.53. The van der Waals surface area contributed by atoms with E-state index in [1.807, 2.05) is 6.07 Å². The normalized spacial score (nSPS) is 26.5. The molecule has 3 heterocycles. The minimum absolute atomic E-state index is 0.0366. The van der Waals surface area contributed by atoms with E-state index >= 15 is 0 Å². The Morgan fingerprint density at radius 1 is 1.28 bits per heavy atom. The lowest BCUT2D eigenvalue weighted by atomic mass is 9.82. The van der Waals surface area contributed by atoms with E-state index in [0.29, 0.717) is 36.4 Å². The van der Waals surface area contributed by atoms with Crippen LogP contribution < -0.4 is 9.80 Å². The molecule has 2 fully saturated rings. The molecule has 8 heteroatoms. The number of benzene rings is 1. The Kier molecular flexibility index (Phi) is 6.09. The number of likely N-dealkylation sites (N-methyl/N-ethyl adjacent to an activating group) is 1. The van der Waals surface area contributed by atoms with Gasteiger partial charge >= 0.3 is 0 Å². The number of nitrogens with zero attached hydrogens (tertiary/aromatic N) is 3. The first-order valence-corrected chi connectivity index (χ1v) is 11.3. The van der Waals surface area contributed by atoms with E-state index in [-0.39, 0.29) is 30.9 Å². The van der Waals surface area contributed by atoms with E-state index in [1.54, 1.807) is 48.1 Å². The van der Waals surface area contributed by atoms with E-state index in [9.17, 15) is 24.6 Å². The first kappa shape index (κ1) is 22.5. The van der Waals surface area contributed by atoms with Crippen molar-refractivity contribution < 1.29 is 24.6 Å². The molecule has 3 aliphatic rings. The molecular weight excluding hydrogens is 410 g/mol. The van der Waals surface area contributed by atoms with E-state index in [2.05, 4.69) is 0 Å². The number of hydrogen-bond acceptors (Lipinski definition) is 5. The average Bonchev–Trinajstić information content (AvgIpc) is 3.49. The van der Waals surface area contributed by atoms with Crippen molar-refractivity contribution in [2.45, 2.75) is 50.7 Å². The van der Waals surface area contributed by atoms with Gasteiger partial charge < -0.3 is 24.9 Å². The lowest BCUT2D eigenvalue weighted by molar-refractivity contribution is -0.139. The van der Waals surface area contributed by atoms with Crippen LogP contribution in [0.3, 0.4) is 0 Å². The van der Waals surface area contributed by atoms with Crippen LogP contribution in [0, 0.1) is 5.92 Å². The Bertz CT molecular complexity index is 961. The number of likely N-dealkylation sites (tertiary alicyclic amines) is 1. The van der Waals surface area contributed by atoms with Gasteiger partial charge in [0.2, 0.25) is 11.8 Å². The molecule has 8 nitrogen and oxygen atoms in total. The Morgan fingerprint density at radius 2 is 2.06 bits per heavy atom. The highest BCUT2D eigenvalue weighted by Gasteiger charge is 2.51. The Morgan fingerprint density at radius 3 is 2.75 bits per heavy atom. The van der Waals surface area contributed by atoms with E-state index in [0.717, 1.165) is 19.3 Å². The third-order valence-electron chi connectivity index (χ3n) is 7.05. The molecule has 2 saturated heterocycles. The van der Waals surface area contributed by atoms with Crippen molar-refractivity contribution >= 4 is 29.1 Å². The second kappa shape index (κ2) is 8.67. The van der Waals surface area contributed by atoms with Gasteiger partial charge in [-0.1, -0.05) is 19.1 Å². The second-order valence-corrected chi connectivity index (χ2v) is 8.97. The number of aliphatic hydroxyl groups is 2. The molecule has 2 N–H and O–H groups in total. The zero-order valence-electron chi connectivity index (χ0n) is 18.7. The number of carbonyl (C=O) groups excluding carboxylic acids is 3. The molecule has 0 spiro atoms. The quantitative estimate of drug-likeness (QED) is 0.652. The summed E-state index contributed by atoms with van der Waals surface area (Å²) < 4.78 is 0. The van der Waals surface area contributed by atoms with Gasteiger partial charge in [0.25, 0.3) is 5.91 Å². The van der Waals surface area contributed by atoms with E-state index < -0.39 is 17.4 Å². The molecule has 0 saturated carbocycles. The van der Waals surface area contributed by atoms with E-state index in [1.165, 1.54) is 4.90 Å². The first-order valence-electron chi connectivity index (χ1n) is 11.3. The minimum atomic E-state index is -1.77. The van der Waals surface area contributed by atoms with Crippen LogP contribution in [-0.2, 0) is 20.0 Å². The number of aliphatic hydroxyl groups excluding tert-OH is 1. The van der Waals surface area contributed by atoms with Crippen LogP contribution in [0.4, 0.5) is 11.4 Å². The Labute approximate surface area is 188 Å². The van der Waals surface area contributed by atoms with Crippen molar-refractivity contribution in [2.75, 3.05) is 36.5 Å². The molecule has 3 atom stereocenters. The van der Waals surface area contributed by atoms with Crippen molar-refractivity contribution in [2.24, 2.45) is 5.92 Å². The summed E-state index contributed by atoms with van der Waals surface area (Å²) >= 11 is 0. The van der Waals surface area contributed by atoms with E-state index in [4.69, 9.17) is 0 Å². The molecule has 1 aromatic carbocycles. The predicted molar refractivity (Wildman–Crippen MR) is 120 cm³/mol. The van der Waals surface area contributed by atoms with Gasteiger partial charge in [0.15, 0.2) is 5.60 Å². The Balaban J connectivity index is 1.55. The minimum Gasteiger partial charge on any atom is -0.394 e. The molecule has 0 aliphatic carbocycles. The molecule has 3 aliphatic heterocycles. The van der Waals surface area contributed by atoms with Crippen LogP contribution in [0.2, 0.25) is 0 Å². The molecular formula is C24H31N3O5. The number of anilines is 2. The fraction of sp³-hybridized carbons (Fsp3) is 0.542. The van der Waals surface area contributed by atoms with Crippen molar-refractivity contribution in [1.29, 1.82) is 0 Å². The Hall–Kier alpha value is -2.71.